The highest BCUT2D eigenvalue weighted by Gasteiger charge is 2.38. The zero-order valence-corrected chi connectivity index (χ0v) is 27.7. The van der Waals surface area contributed by atoms with Gasteiger partial charge in [-0.1, -0.05) is 36.7 Å². The van der Waals surface area contributed by atoms with Gasteiger partial charge in [-0.25, -0.2) is 13.1 Å². The van der Waals surface area contributed by atoms with Crippen molar-refractivity contribution in [2.45, 2.75) is 75.9 Å². The molecule has 9 nitrogen and oxygen atoms in total. The lowest BCUT2D eigenvalue weighted by Gasteiger charge is -2.42. The molecule has 0 unspecified atom stereocenters. The molecule has 2 heterocycles. The number of aliphatic hydroxyl groups excluding tert-OH is 1. The van der Waals surface area contributed by atoms with Gasteiger partial charge in [-0.3, -0.25) is 4.79 Å². The molecule has 2 aliphatic heterocycles. The average molecular weight is 661 g/mol. The molecule has 11 heteroatoms. The lowest BCUT2D eigenvalue weighted by Crippen LogP contribution is -2.45. The highest BCUT2D eigenvalue weighted by Crippen LogP contribution is 2.41. The third-order valence-corrected chi connectivity index (χ3v) is 11.5. The number of hydrogen-bond donors (Lipinski definition) is 2. The molecule has 1 aliphatic carbocycles. The minimum absolute atomic E-state index is 0.0770. The maximum atomic E-state index is 13.6. The fourth-order valence-corrected chi connectivity index (χ4v) is 8.43. The summed E-state index contributed by atoms with van der Waals surface area (Å²) in [6.07, 6.45) is 7.35. The van der Waals surface area contributed by atoms with Crippen molar-refractivity contribution in [2.75, 3.05) is 38.3 Å². The Labute approximate surface area is 271 Å². The van der Waals surface area contributed by atoms with Crippen LogP contribution >= 0.6 is 11.6 Å². The molecule has 1 amide bonds. The van der Waals surface area contributed by atoms with E-state index in [1.807, 2.05) is 24.3 Å². The molecule has 246 valence electrons. The van der Waals surface area contributed by atoms with E-state index in [0.717, 1.165) is 55.5 Å². The van der Waals surface area contributed by atoms with Crippen LogP contribution in [0.15, 0.2) is 48.6 Å². The summed E-state index contributed by atoms with van der Waals surface area (Å²) in [6, 6.07) is 11.0. The molecule has 2 aromatic rings. The quantitative estimate of drug-likeness (QED) is 0.329. The van der Waals surface area contributed by atoms with Crippen LogP contribution in [-0.2, 0) is 32.5 Å². The van der Waals surface area contributed by atoms with Crippen molar-refractivity contribution in [3.8, 4) is 5.75 Å². The molecule has 2 aromatic carbocycles. The van der Waals surface area contributed by atoms with E-state index in [2.05, 4.69) is 9.62 Å². The van der Waals surface area contributed by atoms with E-state index >= 15 is 0 Å². The van der Waals surface area contributed by atoms with Crippen LogP contribution in [0.25, 0.3) is 0 Å². The molecule has 2 bridgehead atoms. The number of aliphatic hydroxyl groups is 1. The molecule has 0 radical (unpaired) electrons. The van der Waals surface area contributed by atoms with Crippen molar-refractivity contribution >= 4 is 33.2 Å². The highest BCUT2D eigenvalue weighted by atomic mass is 35.5. The molecule has 2 N–H and O–H groups in total. The minimum atomic E-state index is -4.12. The lowest BCUT2D eigenvalue weighted by atomic mass is 9.70. The fourth-order valence-electron chi connectivity index (χ4n) is 6.68. The molecule has 5 rings (SSSR count). The lowest BCUT2D eigenvalue weighted by molar-refractivity contribution is 0.0156. The van der Waals surface area contributed by atoms with Gasteiger partial charge in [0.1, 0.15) is 17.6 Å². The van der Waals surface area contributed by atoms with Crippen LogP contribution in [0.3, 0.4) is 0 Å². The van der Waals surface area contributed by atoms with E-state index in [0.29, 0.717) is 30.5 Å². The second-order valence-corrected chi connectivity index (χ2v) is 14.6. The number of benzene rings is 2. The first-order valence-electron chi connectivity index (χ1n) is 16.0. The third kappa shape index (κ3) is 8.21. The van der Waals surface area contributed by atoms with Gasteiger partial charge in [0.15, 0.2) is 0 Å². The summed E-state index contributed by atoms with van der Waals surface area (Å²) in [5, 5.41) is 10.9. The number of carbonyl (C=O) groups is 1. The number of rotatable bonds is 5. The summed E-state index contributed by atoms with van der Waals surface area (Å²) in [5.74, 6) is 0.253. The molecular formula is C34H45ClN2O7S. The van der Waals surface area contributed by atoms with Crippen LogP contribution in [0.1, 0.15) is 66.9 Å². The maximum Gasteiger partial charge on any atom is 0.264 e. The van der Waals surface area contributed by atoms with E-state index in [1.165, 1.54) is 0 Å². The summed E-state index contributed by atoms with van der Waals surface area (Å²) < 4.78 is 47.1. The van der Waals surface area contributed by atoms with Crippen molar-refractivity contribution in [1.29, 1.82) is 0 Å². The first-order chi connectivity index (χ1) is 21.7. The molecule has 45 heavy (non-hydrogen) atoms. The molecule has 1 saturated carbocycles. The number of nitrogens with zero attached hydrogens (tertiary/aromatic N) is 1. The molecular weight excluding hydrogens is 616 g/mol. The Morgan fingerprint density at radius 3 is 2.71 bits per heavy atom. The van der Waals surface area contributed by atoms with Crippen LogP contribution < -0.4 is 14.4 Å². The van der Waals surface area contributed by atoms with E-state index in [4.69, 9.17) is 25.8 Å². The van der Waals surface area contributed by atoms with Gasteiger partial charge in [0.25, 0.3) is 5.91 Å². The Bertz CT molecular complexity index is 1470. The monoisotopic (exact) mass is 660 g/mol. The predicted molar refractivity (Wildman–Crippen MR) is 175 cm³/mol. The second kappa shape index (κ2) is 15.3. The van der Waals surface area contributed by atoms with Crippen LogP contribution in [0.5, 0.6) is 5.75 Å². The third-order valence-electron chi connectivity index (χ3n) is 9.38. The minimum Gasteiger partial charge on any atom is -0.487 e. The second-order valence-electron chi connectivity index (χ2n) is 12.3. The number of halogens is 1. The summed E-state index contributed by atoms with van der Waals surface area (Å²) in [5.41, 5.74) is 3.20. The van der Waals surface area contributed by atoms with Gasteiger partial charge in [0.2, 0.25) is 10.0 Å². The largest absolute Gasteiger partial charge is 0.487 e. The van der Waals surface area contributed by atoms with Crippen LogP contribution in [0, 0.1) is 11.8 Å². The summed E-state index contributed by atoms with van der Waals surface area (Å²) >= 11 is 6.32. The van der Waals surface area contributed by atoms with E-state index < -0.39 is 33.4 Å². The van der Waals surface area contributed by atoms with Gasteiger partial charge in [-0.2, -0.15) is 0 Å². The van der Waals surface area contributed by atoms with Gasteiger partial charge in [-0.15, -0.1) is 0 Å². The zero-order chi connectivity index (χ0) is 32.0. The van der Waals surface area contributed by atoms with Crippen molar-refractivity contribution in [3.05, 3.63) is 70.3 Å². The first kappa shape index (κ1) is 33.7. The Kier molecular flexibility index (Phi) is 11.5. The number of aryl methyl sites for hydroxylation is 1. The number of ether oxygens (including phenoxy) is 3. The van der Waals surface area contributed by atoms with Crippen LogP contribution in [-0.4, -0.2) is 70.3 Å². The summed E-state index contributed by atoms with van der Waals surface area (Å²) in [6.45, 7) is 4.03. The smallest absolute Gasteiger partial charge is 0.264 e. The fraction of sp³-hybridized carbons (Fsp3) is 0.559. The Balaban J connectivity index is 1.52. The molecule has 5 atom stereocenters. The number of sulfonamides is 1. The normalized spacial score (nSPS) is 27.9. The predicted octanol–water partition coefficient (Wildman–Crippen LogP) is 5.28. The van der Waals surface area contributed by atoms with Gasteiger partial charge in [0, 0.05) is 30.8 Å². The summed E-state index contributed by atoms with van der Waals surface area (Å²) in [4.78, 5) is 15.8. The number of hydrogen-bond acceptors (Lipinski definition) is 8. The van der Waals surface area contributed by atoms with Crippen molar-refractivity contribution < 1.29 is 32.5 Å². The summed E-state index contributed by atoms with van der Waals surface area (Å²) in [7, 11) is -2.57. The number of amides is 1. The molecule has 0 spiro atoms. The number of nitrogens with one attached hydrogen (secondary N) is 1. The number of carbonyl (C=O) groups excluding carboxylic acids is 1. The van der Waals surface area contributed by atoms with Crippen molar-refractivity contribution in [3.63, 3.8) is 0 Å². The SMILES string of the molecule is CC[C@@H]1[C@H](OCCOC)C/C=C/[C@H](O)[C@@H]2CC[C@H]2CN2CCCCc3cc(Cl)ccc3COc3ccc(cc32)C(=O)NS1(=O)=O. The van der Waals surface area contributed by atoms with Crippen LogP contribution in [0.4, 0.5) is 5.69 Å². The Hall–Kier alpha value is -2.63. The molecule has 3 aliphatic rings. The van der Waals surface area contributed by atoms with E-state index in [-0.39, 0.29) is 36.8 Å². The zero-order valence-electron chi connectivity index (χ0n) is 26.1. The van der Waals surface area contributed by atoms with Gasteiger partial charge in [-0.05, 0) is 98.2 Å². The Morgan fingerprint density at radius 2 is 1.96 bits per heavy atom. The van der Waals surface area contributed by atoms with Gasteiger partial charge >= 0.3 is 0 Å². The number of methoxy groups -OCH3 is 1. The maximum absolute atomic E-state index is 13.6. The molecule has 1 fully saturated rings. The average Bonchev–Trinajstić information content (AvgIpc) is 3.01. The number of anilines is 1. The van der Waals surface area contributed by atoms with E-state index in [1.54, 1.807) is 38.3 Å². The van der Waals surface area contributed by atoms with Crippen molar-refractivity contribution in [1.82, 2.24) is 4.72 Å². The highest BCUT2D eigenvalue weighted by molar-refractivity contribution is 7.90. The van der Waals surface area contributed by atoms with E-state index in [9.17, 15) is 18.3 Å². The Morgan fingerprint density at radius 1 is 1.11 bits per heavy atom. The van der Waals surface area contributed by atoms with Crippen molar-refractivity contribution in [2.24, 2.45) is 11.8 Å². The molecule has 0 saturated heterocycles. The van der Waals surface area contributed by atoms with Gasteiger partial charge in [0.05, 0.1) is 31.1 Å². The number of fused-ring (bicyclic) bond motifs is 3. The van der Waals surface area contributed by atoms with Crippen LogP contribution in [0.2, 0.25) is 5.02 Å². The first-order valence-corrected chi connectivity index (χ1v) is 17.9. The molecule has 0 aromatic heterocycles. The topological polar surface area (TPSA) is 114 Å². The van der Waals surface area contributed by atoms with Gasteiger partial charge < -0.3 is 24.2 Å². The standard InChI is InChI=1S/C34H45ClN2O7S/c1-3-33-32(43-18-17-42-2)9-6-8-30(38)28-14-11-25(28)21-37-16-5-4-7-23-19-27(35)13-10-26(23)22-44-31-15-12-24(20-29(31)37)34(39)36-45(33,40)41/h6,8,10,12-13,15,19-20,25,28,30,32-33,38H,3-5,7,9,11,14,16-18,21-22H2,1-2H3,(H,36,39)/b8-6+/t25-,28+,30-,32+,33+/m0/s1.